The minimum absolute atomic E-state index is 0.0523. The minimum atomic E-state index is -0.0523. The Labute approximate surface area is 110 Å². The van der Waals surface area contributed by atoms with Crippen LogP contribution >= 0.6 is 0 Å². The van der Waals surface area contributed by atoms with Gasteiger partial charge < -0.3 is 15.5 Å². The number of hydrogen-bond acceptors (Lipinski definition) is 2. The molecule has 2 N–H and O–H groups in total. The first-order valence-corrected chi connectivity index (χ1v) is 7.50. The van der Waals surface area contributed by atoms with Crippen LogP contribution in [-0.2, 0) is 0 Å². The lowest BCUT2D eigenvalue weighted by molar-refractivity contribution is 0.0881. The fraction of sp³-hybridized carbons (Fsp3) is 0.929. The van der Waals surface area contributed by atoms with E-state index in [4.69, 9.17) is 5.73 Å². The van der Waals surface area contributed by atoms with Crippen molar-refractivity contribution in [3.63, 3.8) is 0 Å². The van der Waals surface area contributed by atoms with Crippen molar-refractivity contribution in [1.29, 1.82) is 0 Å². The third-order valence-corrected chi connectivity index (χ3v) is 4.66. The zero-order chi connectivity index (χ0) is 13.0. The Balaban J connectivity index is 2.08. The van der Waals surface area contributed by atoms with Crippen LogP contribution in [0.1, 0.15) is 51.9 Å². The van der Waals surface area contributed by atoms with Crippen LogP contribution in [0.3, 0.4) is 0 Å². The average Bonchev–Trinajstić information content (AvgIpc) is 2.90. The Morgan fingerprint density at radius 1 is 1.17 bits per heavy atom. The molecule has 0 unspecified atom stereocenters. The van der Waals surface area contributed by atoms with Gasteiger partial charge in [0, 0.05) is 26.2 Å². The Morgan fingerprint density at radius 3 is 2.28 bits per heavy atom. The van der Waals surface area contributed by atoms with E-state index in [1.807, 2.05) is 4.90 Å². The van der Waals surface area contributed by atoms with Gasteiger partial charge in [-0.15, -0.1) is 0 Å². The summed E-state index contributed by atoms with van der Waals surface area (Å²) in [5.41, 5.74) is 5.95. The fourth-order valence-electron chi connectivity index (χ4n) is 3.55. The van der Waals surface area contributed by atoms with Gasteiger partial charge in [0.05, 0.1) is 5.54 Å². The van der Waals surface area contributed by atoms with Crippen LogP contribution in [0.5, 0.6) is 0 Å². The molecule has 1 saturated heterocycles. The summed E-state index contributed by atoms with van der Waals surface area (Å²) in [5, 5.41) is 0. The van der Waals surface area contributed by atoms with Gasteiger partial charge in [-0.05, 0) is 39.0 Å². The molecule has 2 rings (SSSR count). The van der Waals surface area contributed by atoms with Crippen molar-refractivity contribution in [2.45, 2.75) is 57.4 Å². The summed E-state index contributed by atoms with van der Waals surface area (Å²) < 4.78 is 0. The molecule has 2 aliphatic rings. The molecule has 0 aromatic carbocycles. The molecule has 1 heterocycles. The molecule has 0 spiro atoms. The summed E-state index contributed by atoms with van der Waals surface area (Å²) in [4.78, 5) is 16.8. The number of carbonyl (C=O) groups excluding carboxylic acids is 1. The Bertz CT molecular complexity index is 281. The van der Waals surface area contributed by atoms with E-state index in [0.717, 1.165) is 45.3 Å². The van der Waals surface area contributed by atoms with Crippen molar-refractivity contribution >= 4 is 6.03 Å². The van der Waals surface area contributed by atoms with Crippen molar-refractivity contribution in [3.05, 3.63) is 0 Å². The summed E-state index contributed by atoms with van der Waals surface area (Å²) in [6, 6.07) is 0.226. The van der Waals surface area contributed by atoms with E-state index < -0.39 is 0 Å². The van der Waals surface area contributed by atoms with Crippen molar-refractivity contribution < 1.29 is 4.79 Å². The number of likely N-dealkylation sites (N-methyl/N-ethyl adjacent to an activating group) is 1. The van der Waals surface area contributed by atoms with E-state index in [0.29, 0.717) is 6.54 Å². The second kappa shape index (κ2) is 5.91. The molecular weight excluding hydrogens is 226 g/mol. The van der Waals surface area contributed by atoms with Crippen LogP contribution in [0.15, 0.2) is 0 Å². The number of urea groups is 1. The largest absolute Gasteiger partial charge is 0.328 e. The van der Waals surface area contributed by atoms with Gasteiger partial charge in [-0.25, -0.2) is 4.79 Å². The Morgan fingerprint density at radius 2 is 1.78 bits per heavy atom. The van der Waals surface area contributed by atoms with Gasteiger partial charge in [0.1, 0.15) is 0 Å². The van der Waals surface area contributed by atoms with Gasteiger partial charge in [0.15, 0.2) is 0 Å². The smallest absolute Gasteiger partial charge is 0.320 e. The lowest BCUT2D eigenvalue weighted by Crippen LogP contribution is -2.58. The summed E-state index contributed by atoms with van der Waals surface area (Å²) in [6.45, 7) is 5.33. The van der Waals surface area contributed by atoms with Gasteiger partial charge in [-0.1, -0.05) is 12.8 Å². The molecule has 2 amide bonds. The first kappa shape index (κ1) is 13.7. The third kappa shape index (κ3) is 2.48. The molecule has 1 aliphatic carbocycles. The molecule has 0 aromatic rings. The predicted molar refractivity (Wildman–Crippen MR) is 73.5 cm³/mol. The zero-order valence-electron chi connectivity index (χ0n) is 11.7. The highest BCUT2D eigenvalue weighted by Crippen LogP contribution is 2.35. The van der Waals surface area contributed by atoms with Crippen molar-refractivity contribution in [3.8, 4) is 0 Å². The number of likely N-dealkylation sites (tertiary alicyclic amines) is 1. The van der Waals surface area contributed by atoms with Crippen LogP contribution in [0.4, 0.5) is 4.79 Å². The summed E-state index contributed by atoms with van der Waals surface area (Å²) >= 11 is 0. The average molecular weight is 253 g/mol. The van der Waals surface area contributed by atoms with Crippen LogP contribution in [-0.4, -0.2) is 47.5 Å². The molecule has 0 radical (unpaired) electrons. The molecule has 0 bridgehead atoms. The fourth-order valence-corrected chi connectivity index (χ4v) is 3.55. The maximum absolute atomic E-state index is 12.7. The molecule has 2 fully saturated rings. The van der Waals surface area contributed by atoms with Crippen LogP contribution in [0, 0.1) is 0 Å². The topological polar surface area (TPSA) is 49.6 Å². The Hall–Kier alpha value is -0.770. The van der Waals surface area contributed by atoms with Gasteiger partial charge in [-0.3, -0.25) is 0 Å². The lowest BCUT2D eigenvalue weighted by Gasteiger charge is -2.43. The van der Waals surface area contributed by atoms with E-state index in [9.17, 15) is 4.79 Å². The maximum atomic E-state index is 12.7. The number of piperidine rings is 1. The lowest BCUT2D eigenvalue weighted by atomic mass is 9.95. The first-order chi connectivity index (χ1) is 8.73. The van der Waals surface area contributed by atoms with Gasteiger partial charge >= 0.3 is 6.03 Å². The van der Waals surface area contributed by atoms with E-state index in [2.05, 4.69) is 11.8 Å². The highest BCUT2D eigenvalue weighted by Gasteiger charge is 2.41. The standard InChI is InChI=1S/C14H27N3O/c1-2-17(14(12-15)8-4-5-9-14)13(18)16-10-6-3-7-11-16/h2-12,15H2,1H3. The van der Waals surface area contributed by atoms with Crippen molar-refractivity contribution in [2.75, 3.05) is 26.2 Å². The normalized spacial score (nSPS) is 23.1. The number of amides is 2. The van der Waals surface area contributed by atoms with Gasteiger partial charge in [-0.2, -0.15) is 0 Å². The van der Waals surface area contributed by atoms with Crippen molar-refractivity contribution in [2.24, 2.45) is 5.73 Å². The molecule has 18 heavy (non-hydrogen) atoms. The molecule has 1 saturated carbocycles. The highest BCUT2D eigenvalue weighted by molar-refractivity contribution is 5.75. The summed E-state index contributed by atoms with van der Waals surface area (Å²) in [7, 11) is 0. The van der Waals surface area contributed by atoms with Crippen molar-refractivity contribution in [1.82, 2.24) is 9.80 Å². The molecular formula is C14H27N3O. The number of rotatable bonds is 3. The van der Waals surface area contributed by atoms with E-state index in [1.54, 1.807) is 0 Å². The summed E-state index contributed by atoms with van der Waals surface area (Å²) in [5.74, 6) is 0. The molecule has 0 aromatic heterocycles. The first-order valence-electron chi connectivity index (χ1n) is 7.50. The van der Waals surface area contributed by atoms with Crippen LogP contribution in [0.25, 0.3) is 0 Å². The zero-order valence-corrected chi connectivity index (χ0v) is 11.7. The second-order valence-electron chi connectivity index (χ2n) is 5.71. The SMILES string of the molecule is CCN(C(=O)N1CCCCC1)C1(CN)CCCC1. The number of nitrogens with zero attached hydrogens (tertiary/aromatic N) is 2. The van der Waals surface area contributed by atoms with E-state index in [-0.39, 0.29) is 11.6 Å². The number of carbonyl (C=O) groups is 1. The number of nitrogens with two attached hydrogens (primary N) is 1. The summed E-state index contributed by atoms with van der Waals surface area (Å²) in [6.07, 6.45) is 8.14. The number of hydrogen-bond donors (Lipinski definition) is 1. The van der Waals surface area contributed by atoms with Crippen LogP contribution < -0.4 is 5.73 Å². The monoisotopic (exact) mass is 253 g/mol. The maximum Gasteiger partial charge on any atom is 0.320 e. The van der Waals surface area contributed by atoms with Crippen LogP contribution in [0.2, 0.25) is 0 Å². The molecule has 4 heteroatoms. The van der Waals surface area contributed by atoms with E-state index in [1.165, 1.54) is 19.3 Å². The second-order valence-corrected chi connectivity index (χ2v) is 5.71. The molecule has 1 aliphatic heterocycles. The van der Waals surface area contributed by atoms with Gasteiger partial charge in [0.25, 0.3) is 0 Å². The quantitative estimate of drug-likeness (QED) is 0.838. The molecule has 4 nitrogen and oxygen atoms in total. The van der Waals surface area contributed by atoms with E-state index >= 15 is 0 Å². The molecule has 0 atom stereocenters. The molecule has 104 valence electrons. The minimum Gasteiger partial charge on any atom is -0.328 e. The van der Waals surface area contributed by atoms with Gasteiger partial charge in [0.2, 0.25) is 0 Å². The third-order valence-electron chi connectivity index (χ3n) is 4.66. The highest BCUT2D eigenvalue weighted by atomic mass is 16.2. The predicted octanol–water partition coefficient (Wildman–Crippen LogP) is 2.19. The Kier molecular flexibility index (Phi) is 4.49.